The number of nitrogens with one attached hydrogen (secondary N) is 2. The molecule has 1 aromatic carbocycles. The van der Waals surface area contributed by atoms with Crippen LogP contribution >= 0.6 is 0 Å². The van der Waals surface area contributed by atoms with Crippen molar-refractivity contribution >= 4 is 17.7 Å². The van der Waals surface area contributed by atoms with Crippen molar-refractivity contribution in [1.29, 1.82) is 0 Å². The molecule has 0 aromatic heterocycles. The van der Waals surface area contributed by atoms with Crippen molar-refractivity contribution in [2.75, 3.05) is 5.32 Å². The first-order chi connectivity index (χ1) is 9.36. The van der Waals surface area contributed by atoms with Crippen molar-refractivity contribution in [2.45, 2.75) is 39.2 Å². The molecule has 1 rings (SSSR count). The lowest BCUT2D eigenvalue weighted by Crippen LogP contribution is -2.55. The van der Waals surface area contributed by atoms with Gasteiger partial charge in [-0.05, 0) is 31.4 Å². The largest absolute Gasteiger partial charge is 0.480 e. The van der Waals surface area contributed by atoms with Gasteiger partial charge in [-0.25, -0.2) is 14.0 Å². The molecule has 0 bridgehead atoms. The maximum Gasteiger partial charge on any atom is 0.329 e. The summed E-state index contributed by atoms with van der Waals surface area (Å²) in [6.07, 6.45) is 0.477. The first-order valence-electron chi connectivity index (χ1n) is 6.44. The zero-order valence-electron chi connectivity index (χ0n) is 11.8. The number of halogens is 1. The van der Waals surface area contributed by atoms with Crippen LogP contribution in [-0.4, -0.2) is 22.6 Å². The third-order valence-corrected chi connectivity index (χ3v) is 3.43. The predicted octanol–water partition coefficient (Wildman–Crippen LogP) is 2.90. The minimum Gasteiger partial charge on any atom is -0.480 e. The molecule has 0 aliphatic heterocycles. The molecule has 2 amide bonds. The molecule has 0 fully saturated rings. The van der Waals surface area contributed by atoms with Crippen LogP contribution in [0.3, 0.4) is 0 Å². The van der Waals surface area contributed by atoms with E-state index in [1.807, 2.05) is 0 Å². The molecule has 1 aromatic rings. The van der Waals surface area contributed by atoms with E-state index in [0.29, 0.717) is 5.56 Å². The molecule has 0 heterocycles. The Morgan fingerprint density at radius 1 is 1.30 bits per heavy atom. The predicted molar refractivity (Wildman–Crippen MR) is 74.2 cm³/mol. The number of para-hydroxylation sites is 1. The summed E-state index contributed by atoms with van der Waals surface area (Å²) >= 11 is 0. The standard InChI is InChI=1S/C14H19FN2O3/c1-4-14(5-2,12(18)19)17-13(20)16-11-9(3)7-6-8-10(11)15/h6-8H,4-5H2,1-3H3,(H,18,19)(H2,16,17,20). The number of hydrogen-bond acceptors (Lipinski definition) is 2. The quantitative estimate of drug-likeness (QED) is 0.777. The maximum atomic E-state index is 13.6. The number of benzene rings is 1. The number of aliphatic carboxylic acids is 1. The van der Waals surface area contributed by atoms with E-state index in [9.17, 15) is 19.1 Å². The Bertz CT molecular complexity index is 493. The summed E-state index contributed by atoms with van der Waals surface area (Å²) in [6.45, 7) is 5.00. The van der Waals surface area contributed by atoms with E-state index < -0.39 is 23.4 Å². The van der Waals surface area contributed by atoms with Crippen LogP contribution in [0.15, 0.2) is 18.2 Å². The minimum atomic E-state index is -1.34. The normalized spacial score (nSPS) is 11.0. The number of carbonyl (C=O) groups is 2. The van der Waals surface area contributed by atoms with Crippen LogP contribution in [0.1, 0.15) is 32.3 Å². The molecular weight excluding hydrogens is 263 g/mol. The van der Waals surface area contributed by atoms with Crippen LogP contribution in [0.25, 0.3) is 0 Å². The highest BCUT2D eigenvalue weighted by Gasteiger charge is 2.36. The molecule has 0 saturated carbocycles. The van der Waals surface area contributed by atoms with E-state index >= 15 is 0 Å². The van der Waals surface area contributed by atoms with Crippen molar-refractivity contribution in [1.82, 2.24) is 5.32 Å². The minimum absolute atomic E-state index is 0.0523. The molecule has 110 valence electrons. The molecular formula is C14H19FN2O3. The molecule has 0 unspecified atom stereocenters. The Hall–Kier alpha value is -2.11. The van der Waals surface area contributed by atoms with E-state index in [2.05, 4.69) is 10.6 Å². The summed E-state index contributed by atoms with van der Waals surface area (Å²) < 4.78 is 13.6. The number of carbonyl (C=O) groups excluding carboxylic acids is 1. The lowest BCUT2D eigenvalue weighted by molar-refractivity contribution is -0.144. The monoisotopic (exact) mass is 282 g/mol. The first kappa shape index (κ1) is 15.9. The summed E-state index contributed by atoms with van der Waals surface area (Å²) in [5.41, 5.74) is -0.728. The fourth-order valence-corrected chi connectivity index (χ4v) is 1.94. The fraction of sp³-hybridized carbons (Fsp3) is 0.429. The van der Waals surface area contributed by atoms with Crippen molar-refractivity contribution in [3.63, 3.8) is 0 Å². The van der Waals surface area contributed by atoms with Gasteiger partial charge in [-0.1, -0.05) is 26.0 Å². The second-order valence-electron chi connectivity index (χ2n) is 4.61. The van der Waals surface area contributed by atoms with Crippen LogP contribution in [0, 0.1) is 12.7 Å². The average molecular weight is 282 g/mol. The van der Waals surface area contributed by atoms with Gasteiger partial charge in [-0.3, -0.25) is 0 Å². The highest BCUT2D eigenvalue weighted by atomic mass is 19.1. The van der Waals surface area contributed by atoms with Gasteiger partial charge < -0.3 is 15.7 Å². The van der Waals surface area contributed by atoms with Crippen molar-refractivity contribution in [2.24, 2.45) is 0 Å². The maximum absolute atomic E-state index is 13.6. The van der Waals surface area contributed by atoms with Crippen molar-refractivity contribution < 1.29 is 19.1 Å². The third-order valence-electron chi connectivity index (χ3n) is 3.43. The summed E-state index contributed by atoms with van der Waals surface area (Å²) in [4.78, 5) is 23.2. The van der Waals surface area contributed by atoms with Crippen LogP contribution in [0.2, 0.25) is 0 Å². The summed E-state index contributed by atoms with van der Waals surface area (Å²) in [6, 6.07) is 3.69. The van der Waals surface area contributed by atoms with E-state index in [4.69, 9.17) is 0 Å². The van der Waals surface area contributed by atoms with Gasteiger partial charge >= 0.3 is 12.0 Å². The zero-order chi connectivity index (χ0) is 15.3. The SMILES string of the molecule is CCC(CC)(NC(=O)Nc1c(C)cccc1F)C(=O)O. The second kappa shape index (κ2) is 6.36. The molecule has 0 aliphatic rings. The smallest absolute Gasteiger partial charge is 0.329 e. The van der Waals surface area contributed by atoms with Gasteiger partial charge in [-0.2, -0.15) is 0 Å². The Kier molecular flexibility index (Phi) is 5.07. The molecule has 6 heteroatoms. The highest BCUT2D eigenvalue weighted by Crippen LogP contribution is 2.20. The van der Waals surface area contributed by atoms with Gasteiger partial charge in [0, 0.05) is 0 Å². The molecule has 0 atom stereocenters. The first-order valence-corrected chi connectivity index (χ1v) is 6.44. The van der Waals surface area contributed by atoms with Gasteiger partial charge in [-0.15, -0.1) is 0 Å². The van der Waals surface area contributed by atoms with Gasteiger partial charge in [0.2, 0.25) is 0 Å². The molecule has 5 nitrogen and oxygen atoms in total. The third kappa shape index (κ3) is 3.26. The summed E-state index contributed by atoms with van der Waals surface area (Å²) in [5.74, 6) is -1.67. The highest BCUT2D eigenvalue weighted by molar-refractivity contribution is 5.94. The number of carboxylic acids is 1. The lowest BCUT2D eigenvalue weighted by Gasteiger charge is -2.28. The number of rotatable bonds is 5. The van der Waals surface area contributed by atoms with Gasteiger partial charge in [0.05, 0.1) is 5.69 Å². The van der Waals surface area contributed by atoms with Crippen molar-refractivity contribution in [3.8, 4) is 0 Å². The Balaban J connectivity index is 2.89. The summed E-state index contributed by atoms with van der Waals surface area (Å²) in [5, 5.41) is 14.0. The van der Waals surface area contributed by atoms with E-state index in [-0.39, 0.29) is 18.5 Å². The van der Waals surface area contributed by atoms with Crippen LogP contribution < -0.4 is 10.6 Å². The topological polar surface area (TPSA) is 78.4 Å². The number of anilines is 1. The number of carboxylic acid groups (broad SMARTS) is 1. The van der Waals surface area contributed by atoms with E-state index in [1.54, 1.807) is 26.8 Å². The van der Waals surface area contributed by atoms with Crippen LogP contribution in [0.4, 0.5) is 14.9 Å². The van der Waals surface area contributed by atoms with Crippen LogP contribution in [0.5, 0.6) is 0 Å². The molecule has 0 saturated heterocycles. The molecule has 0 radical (unpaired) electrons. The Morgan fingerprint density at radius 3 is 2.35 bits per heavy atom. The number of amides is 2. The lowest BCUT2D eigenvalue weighted by atomic mass is 9.93. The molecule has 20 heavy (non-hydrogen) atoms. The molecule has 0 aliphatic carbocycles. The average Bonchev–Trinajstić information content (AvgIpc) is 2.40. The van der Waals surface area contributed by atoms with Crippen LogP contribution in [-0.2, 0) is 4.79 Å². The molecule has 0 spiro atoms. The Labute approximate surface area is 117 Å². The number of urea groups is 1. The number of hydrogen-bond donors (Lipinski definition) is 3. The van der Waals surface area contributed by atoms with Gasteiger partial charge in [0.15, 0.2) is 0 Å². The van der Waals surface area contributed by atoms with Gasteiger partial charge in [0.25, 0.3) is 0 Å². The van der Waals surface area contributed by atoms with E-state index in [0.717, 1.165) is 0 Å². The molecule has 3 N–H and O–H groups in total. The second-order valence-corrected chi connectivity index (χ2v) is 4.61. The fourth-order valence-electron chi connectivity index (χ4n) is 1.94. The van der Waals surface area contributed by atoms with Gasteiger partial charge in [0.1, 0.15) is 11.4 Å². The van der Waals surface area contributed by atoms with Crippen molar-refractivity contribution in [3.05, 3.63) is 29.6 Å². The zero-order valence-corrected chi connectivity index (χ0v) is 11.8. The summed E-state index contributed by atoms with van der Waals surface area (Å²) in [7, 11) is 0. The van der Waals surface area contributed by atoms with E-state index in [1.165, 1.54) is 12.1 Å². The Morgan fingerprint density at radius 2 is 1.90 bits per heavy atom. The number of aryl methyl sites for hydroxylation is 1.